The first-order valence-corrected chi connectivity index (χ1v) is 17.7. The highest BCUT2D eigenvalue weighted by atomic mass is 16.3. The third-order valence-corrected chi connectivity index (χ3v) is 9.86. The lowest BCUT2D eigenvalue weighted by Gasteiger charge is -2.30. The van der Waals surface area contributed by atoms with E-state index in [1.165, 1.54) is 0 Å². The zero-order chi connectivity index (χ0) is 43.7. The molecule has 0 aliphatic rings. The van der Waals surface area contributed by atoms with Crippen molar-refractivity contribution in [3.63, 3.8) is 0 Å². The molecule has 2 heteroatoms. The van der Waals surface area contributed by atoms with Crippen LogP contribution in [0, 0.1) is 0 Å². The molecule has 0 bridgehead atoms. The molecule has 1 aromatic heterocycles. The van der Waals surface area contributed by atoms with Crippen molar-refractivity contribution in [2.45, 2.75) is 0 Å². The molecule has 1 heterocycles. The van der Waals surface area contributed by atoms with Gasteiger partial charge in [-0.3, -0.25) is 0 Å². The highest BCUT2D eigenvalue weighted by molar-refractivity contribution is 6.19. The minimum absolute atomic E-state index is 0.0860. The van der Waals surface area contributed by atoms with Crippen LogP contribution >= 0.6 is 0 Å². The number of anilines is 3. The maximum absolute atomic E-state index is 9.71. The van der Waals surface area contributed by atoms with E-state index in [1.54, 1.807) is 4.90 Å². The predicted octanol–water partition coefficient (Wildman–Crippen LogP) is 14.9. The molecule has 0 fully saturated rings. The van der Waals surface area contributed by atoms with Crippen molar-refractivity contribution in [3.8, 4) is 44.5 Å². The number of para-hydroxylation sites is 2. The van der Waals surface area contributed by atoms with Crippen LogP contribution in [0.3, 0.4) is 0 Å². The average Bonchev–Trinajstić information content (AvgIpc) is 3.72. The molecule has 0 spiro atoms. The van der Waals surface area contributed by atoms with E-state index < -0.39 is 59.9 Å². The van der Waals surface area contributed by atoms with Crippen molar-refractivity contribution in [1.82, 2.24) is 0 Å². The molecule has 10 rings (SSSR count). The monoisotopic (exact) mass is 698 g/mol. The van der Waals surface area contributed by atoms with Crippen LogP contribution in [0.25, 0.3) is 77.2 Å². The summed E-state index contributed by atoms with van der Waals surface area (Å²) in [6, 6.07) is 46.3. The Morgan fingerprint density at radius 3 is 1.80 bits per heavy atom. The molecule has 10 aromatic rings. The molecule has 0 aliphatic carbocycles. The third kappa shape index (κ3) is 5.53. The van der Waals surface area contributed by atoms with Crippen LogP contribution in [0.4, 0.5) is 17.1 Å². The van der Waals surface area contributed by atoms with Gasteiger partial charge in [0.05, 0.1) is 23.7 Å². The molecule has 2 nitrogen and oxygen atoms in total. The summed E-state index contributed by atoms with van der Waals surface area (Å²) in [6.45, 7) is 0. The number of nitrogens with zero attached hydrogens (tertiary/aromatic N) is 1. The fourth-order valence-electron chi connectivity index (χ4n) is 7.35. The molecule has 0 unspecified atom stereocenters. The van der Waals surface area contributed by atoms with Gasteiger partial charge >= 0.3 is 0 Å². The summed E-state index contributed by atoms with van der Waals surface area (Å²) >= 11 is 0. The third-order valence-electron chi connectivity index (χ3n) is 9.86. The van der Waals surface area contributed by atoms with Crippen LogP contribution in [-0.4, -0.2) is 0 Å². The quantitative estimate of drug-likeness (QED) is 0.165. The number of benzene rings is 9. The van der Waals surface area contributed by atoms with Crippen molar-refractivity contribution in [2.75, 3.05) is 4.90 Å². The van der Waals surface area contributed by atoms with Gasteiger partial charge in [0.1, 0.15) is 11.2 Å². The van der Waals surface area contributed by atoms with Crippen molar-refractivity contribution >= 4 is 49.8 Å². The van der Waals surface area contributed by atoms with Gasteiger partial charge < -0.3 is 9.32 Å². The van der Waals surface area contributed by atoms with E-state index in [-0.39, 0.29) is 11.3 Å². The minimum atomic E-state index is -0.636. The normalized spacial score (nSPS) is 13.7. The van der Waals surface area contributed by atoms with Crippen LogP contribution in [0.2, 0.25) is 0 Å². The number of fused-ring (bicyclic) bond motifs is 5. The molecule has 0 saturated carbocycles. The van der Waals surface area contributed by atoms with Gasteiger partial charge in [-0.25, -0.2) is 0 Å². The number of hydrogen-bond acceptors (Lipinski definition) is 2. The maximum atomic E-state index is 9.71. The SMILES string of the molecule is [2H]c1c([2H])c([2H])c(-c2c([2H])c([2H])c(N(c3ccccc3-c3ccc(-c4ccccc4)cc3)c3ccccc3-c3cccc4oc5c6ccccc6ccc5c34)c([2H])c2[2H])c([2H])c1[2H]. The van der Waals surface area contributed by atoms with E-state index in [4.69, 9.17) is 11.3 Å². The van der Waals surface area contributed by atoms with Gasteiger partial charge in [0.25, 0.3) is 0 Å². The standard InChI is InChI=1S/C52H35NO/c1-3-14-36(15-4-1)38-26-28-41(29-27-38)43-19-9-11-23-48(43)53(42-33-30-39(31-34-42)37-16-5-2-6-17-37)49-24-12-10-21-45(49)46-22-13-25-50-51(46)47-35-32-40-18-7-8-20-44(40)52(47)54-50/h1-35H/i2D,5D,6D,16D,17D,30D,31D,33D,34D. The second-order valence-corrected chi connectivity index (χ2v) is 13.0. The van der Waals surface area contributed by atoms with Crippen molar-refractivity contribution in [2.24, 2.45) is 0 Å². The van der Waals surface area contributed by atoms with E-state index in [0.717, 1.165) is 60.5 Å². The highest BCUT2D eigenvalue weighted by Gasteiger charge is 2.23. The first kappa shape index (κ1) is 23.4. The molecule has 0 amide bonds. The Hall–Kier alpha value is -7.16. The minimum Gasteiger partial charge on any atom is -0.455 e. The van der Waals surface area contributed by atoms with Crippen LogP contribution < -0.4 is 4.90 Å². The van der Waals surface area contributed by atoms with E-state index in [0.29, 0.717) is 17.0 Å². The molecular weight excluding hydrogens is 655 g/mol. The molecule has 0 saturated heterocycles. The van der Waals surface area contributed by atoms with Gasteiger partial charge in [0.15, 0.2) is 0 Å². The Bertz CT molecular complexity index is 3400. The van der Waals surface area contributed by atoms with Crippen molar-refractivity contribution in [3.05, 3.63) is 212 Å². The van der Waals surface area contributed by atoms with Crippen molar-refractivity contribution in [1.29, 1.82) is 0 Å². The maximum Gasteiger partial charge on any atom is 0.143 e. The smallest absolute Gasteiger partial charge is 0.143 e. The lowest BCUT2D eigenvalue weighted by atomic mass is 9.95. The van der Waals surface area contributed by atoms with Crippen LogP contribution in [0.1, 0.15) is 12.3 Å². The van der Waals surface area contributed by atoms with E-state index in [2.05, 4.69) is 12.1 Å². The van der Waals surface area contributed by atoms with Gasteiger partial charge in [-0.15, -0.1) is 0 Å². The number of furan rings is 1. The van der Waals surface area contributed by atoms with E-state index >= 15 is 0 Å². The molecule has 0 aliphatic heterocycles. The largest absolute Gasteiger partial charge is 0.455 e. The lowest BCUT2D eigenvalue weighted by Crippen LogP contribution is -2.12. The van der Waals surface area contributed by atoms with Gasteiger partial charge in [-0.2, -0.15) is 0 Å². The second-order valence-electron chi connectivity index (χ2n) is 13.0. The Balaban J connectivity index is 1.26. The fourth-order valence-corrected chi connectivity index (χ4v) is 7.35. The average molecular weight is 699 g/mol. The molecule has 54 heavy (non-hydrogen) atoms. The number of hydrogen-bond donors (Lipinski definition) is 0. The topological polar surface area (TPSA) is 16.4 Å². The highest BCUT2D eigenvalue weighted by Crippen LogP contribution is 2.47. The molecule has 9 aromatic carbocycles. The summed E-state index contributed by atoms with van der Waals surface area (Å²) in [5, 5.41) is 3.79. The second kappa shape index (κ2) is 13.4. The Morgan fingerprint density at radius 1 is 0.389 bits per heavy atom. The Kier molecular flexibility index (Phi) is 5.82. The van der Waals surface area contributed by atoms with Gasteiger partial charge in [0, 0.05) is 33.0 Å². The summed E-state index contributed by atoms with van der Waals surface area (Å²) in [6.07, 6.45) is 0. The summed E-state index contributed by atoms with van der Waals surface area (Å²) in [7, 11) is 0. The molecule has 254 valence electrons. The van der Waals surface area contributed by atoms with Gasteiger partial charge in [0.2, 0.25) is 0 Å². The van der Waals surface area contributed by atoms with Crippen LogP contribution in [-0.2, 0) is 0 Å². The number of rotatable bonds is 7. The summed E-state index contributed by atoms with van der Waals surface area (Å²) in [5.41, 5.74) is 6.87. The predicted molar refractivity (Wildman–Crippen MR) is 228 cm³/mol. The van der Waals surface area contributed by atoms with E-state index in [9.17, 15) is 5.48 Å². The molecular formula is C52H35NO. The molecule has 0 N–H and O–H groups in total. The zero-order valence-corrected chi connectivity index (χ0v) is 28.9. The van der Waals surface area contributed by atoms with Gasteiger partial charge in [-0.05, 0) is 75.1 Å². The Morgan fingerprint density at radius 2 is 1.00 bits per heavy atom. The molecule has 0 atom stereocenters. The molecule has 0 radical (unpaired) electrons. The zero-order valence-electron chi connectivity index (χ0n) is 37.9. The van der Waals surface area contributed by atoms with Crippen molar-refractivity contribution < 1.29 is 16.8 Å². The van der Waals surface area contributed by atoms with Crippen LogP contribution in [0.15, 0.2) is 217 Å². The first-order chi connectivity index (χ1) is 30.5. The van der Waals surface area contributed by atoms with Gasteiger partial charge in [-0.1, -0.05) is 176 Å². The Labute approximate surface area is 327 Å². The summed E-state index contributed by atoms with van der Waals surface area (Å²) < 4.78 is 87.1. The first-order valence-electron chi connectivity index (χ1n) is 22.2. The lowest BCUT2D eigenvalue weighted by molar-refractivity contribution is 0.673. The van der Waals surface area contributed by atoms with E-state index in [1.807, 2.05) is 146 Å². The summed E-state index contributed by atoms with van der Waals surface area (Å²) in [5.74, 6) is 0. The van der Waals surface area contributed by atoms with Crippen LogP contribution in [0.5, 0.6) is 0 Å². The summed E-state index contributed by atoms with van der Waals surface area (Å²) in [4.78, 5) is 1.75. The fraction of sp³-hybridized carbons (Fsp3) is 0.